The maximum absolute atomic E-state index is 11.2. The van der Waals surface area contributed by atoms with Gasteiger partial charge in [0.05, 0.1) is 17.7 Å². The fourth-order valence-electron chi connectivity index (χ4n) is 1.61. The lowest BCUT2D eigenvalue weighted by Crippen LogP contribution is -2.24. The molecule has 76 valence electrons. The first-order chi connectivity index (χ1) is 6.66. The number of pyridine rings is 1. The summed E-state index contributed by atoms with van der Waals surface area (Å²) < 4.78 is 22.4. The van der Waals surface area contributed by atoms with Gasteiger partial charge in [-0.3, -0.25) is 5.32 Å². The molecule has 2 heterocycles. The maximum Gasteiger partial charge on any atom is 0.272 e. The van der Waals surface area contributed by atoms with Gasteiger partial charge in [0.1, 0.15) is 6.04 Å². The average molecular weight is 213 g/mol. The van der Waals surface area contributed by atoms with Crippen LogP contribution in [-0.2, 0) is 9.84 Å². The Balaban J connectivity index is 2.01. The number of hydrogen-bond donors (Lipinski definition) is 1. The number of hydrogen-bond acceptors (Lipinski definition) is 3. The van der Waals surface area contributed by atoms with E-state index in [4.69, 9.17) is 0 Å². The lowest BCUT2D eigenvalue weighted by atomic mass is 10.2. The molecule has 0 aliphatic carbocycles. The van der Waals surface area contributed by atoms with Crippen LogP contribution in [0.5, 0.6) is 0 Å². The fraction of sp³-hybridized carbons (Fsp3) is 0.444. The molecule has 1 aliphatic heterocycles. The zero-order valence-corrected chi connectivity index (χ0v) is 8.55. The Morgan fingerprint density at radius 3 is 2.86 bits per heavy atom. The van der Waals surface area contributed by atoms with Gasteiger partial charge in [-0.2, -0.15) is 0 Å². The minimum absolute atomic E-state index is 0.0543. The zero-order chi connectivity index (χ0) is 10.0. The third kappa shape index (κ3) is 2.23. The summed E-state index contributed by atoms with van der Waals surface area (Å²) in [5.74, 6) is 1.42. The van der Waals surface area contributed by atoms with Crippen molar-refractivity contribution in [3.8, 4) is 0 Å². The highest BCUT2D eigenvalue weighted by Crippen LogP contribution is 2.14. The van der Waals surface area contributed by atoms with E-state index in [1.54, 1.807) is 0 Å². The van der Waals surface area contributed by atoms with Gasteiger partial charge >= 0.3 is 0 Å². The monoisotopic (exact) mass is 213 g/mol. The highest BCUT2D eigenvalue weighted by atomic mass is 32.2. The number of aromatic nitrogens is 1. The summed E-state index contributed by atoms with van der Waals surface area (Å²) in [7, 11) is -2.79. The molecule has 0 aromatic carbocycles. The summed E-state index contributed by atoms with van der Waals surface area (Å²) >= 11 is 0. The maximum atomic E-state index is 11.2. The number of H-pyrrole nitrogens is 1. The summed E-state index contributed by atoms with van der Waals surface area (Å²) in [5, 5.41) is 3.16. The zero-order valence-electron chi connectivity index (χ0n) is 7.73. The summed E-state index contributed by atoms with van der Waals surface area (Å²) in [6.07, 6.45) is 2.51. The highest BCUT2D eigenvalue weighted by molar-refractivity contribution is 7.91. The van der Waals surface area contributed by atoms with Gasteiger partial charge in [-0.1, -0.05) is 6.07 Å². The van der Waals surface area contributed by atoms with E-state index in [1.807, 2.05) is 24.4 Å². The number of rotatable bonds is 2. The molecule has 1 atom stereocenters. The molecule has 1 aliphatic rings. The smallest absolute Gasteiger partial charge is 0.271 e. The van der Waals surface area contributed by atoms with Crippen LogP contribution in [0.1, 0.15) is 6.42 Å². The Morgan fingerprint density at radius 2 is 2.29 bits per heavy atom. The average Bonchev–Trinajstić information content (AvgIpc) is 2.47. The Morgan fingerprint density at radius 1 is 1.43 bits per heavy atom. The molecule has 1 fully saturated rings. The van der Waals surface area contributed by atoms with Crippen molar-refractivity contribution >= 4 is 15.7 Å². The number of nitrogens with one attached hydrogen (secondary N) is 2. The third-order valence-corrected chi connectivity index (χ3v) is 4.07. The Bertz CT molecular complexity index is 402. The lowest BCUT2D eigenvalue weighted by Gasteiger charge is -2.03. The summed E-state index contributed by atoms with van der Waals surface area (Å²) in [5.41, 5.74) is 0. The van der Waals surface area contributed by atoms with Gasteiger partial charge in [-0.05, 0) is 6.07 Å². The molecule has 0 radical (unpaired) electrons. The minimum Gasteiger partial charge on any atom is -0.271 e. The van der Waals surface area contributed by atoms with E-state index in [1.165, 1.54) is 0 Å². The molecule has 1 saturated heterocycles. The molecule has 0 bridgehead atoms. The minimum atomic E-state index is -2.79. The first-order valence-electron chi connectivity index (χ1n) is 4.59. The van der Waals surface area contributed by atoms with Gasteiger partial charge in [0, 0.05) is 12.5 Å². The molecule has 4 nitrogen and oxygen atoms in total. The van der Waals surface area contributed by atoms with Gasteiger partial charge in [-0.15, -0.1) is 0 Å². The van der Waals surface area contributed by atoms with Gasteiger partial charge in [0.2, 0.25) is 0 Å². The molecule has 1 aromatic rings. The van der Waals surface area contributed by atoms with Gasteiger partial charge < -0.3 is 0 Å². The van der Waals surface area contributed by atoms with Crippen LogP contribution in [-0.4, -0.2) is 26.0 Å². The van der Waals surface area contributed by atoms with Crippen molar-refractivity contribution in [2.45, 2.75) is 12.5 Å². The van der Waals surface area contributed by atoms with Crippen LogP contribution in [0.2, 0.25) is 0 Å². The summed E-state index contributed by atoms with van der Waals surface area (Å²) in [6, 6.07) is 5.74. The van der Waals surface area contributed by atoms with E-state index in [2.05, 4.69) is 10.3 Å². The molecule has 2 N–H and O–H groups in total. The van der Waals surface area contributed by atoms with Crippen LogP contribution in [0.3, 0.4) is 0 Å². The van der Waals surface area contributed by atoms with Crippen LogP contribution in [0.4, 0.5) is 5.82 Å². The first kappa shape index (κ1) is 9.45. The molecular weight excluding hydrogens is 200 g/mol. The Hall–Kier alpha value is -1.10. The number of anilines is 1. The third-order valence-electron chi connectivity index (χ3n) is 2.30. The van der Waals surface area contributed by atoms with E-state index in [0.717, 1.165) is 5.82 Å². The Kier molecular flexibility index (Phi) is 2.41. The normalized spacial score (nSPS) is 24.7. The van der Waals surface area contributed by atoms with Crippen molar-refractivity contribution in [3.05, 3.63) is 24.4 Å². The van der Waals surface area contributed by atoms with E-state index in [-0.39, 0.29) is 11.8 Å². The van der Waals surface area contributed by atoms with E-state index < -0.39 is 9.84 Å². The quantitative estimate of drug-likeness (QED) is 0.758. The summed E-state index contributed by atoms with van der Waals surface area (Å²) in [6.45, 7) is 0. The van der Waals surface area contributed by atoms with Crippen LogP contribution < -0.4 is 10.3 Å². The standard InChI is InChI=1S/C9H12N2O2S/c12-14(13)6-4-8(7-14)11-9-3-1-2-5-10-9/h1-3,5,8H,4,6-7H2,(H,10,11)/p+1/t8-/m0/s1. The van der Waals surface area contributed by atoms with Crippen LogP contribution in [0, 0.1) is 0 Å². The topological polar surface area (TPSA) is 60.3 Å². The fourth-order valence-corrected chi connectivity index (χ4v) is 3.29. The molecule has 0 saturated carbocycles. The Labute approximate surface area is 83.3 Å². The molecule has 0 spiro atoms. The highest BCUT2D eigenvalue weighted by Gasteiger charge is 2.30. The van der Waals surface area contributed by atoms with Crippen molar-refractivity contribution in [2.75, 3.05) is 16.8 Å². The molecule has 14 heavy (non-hydrogen) atoms. The van der Waals surface area contributed by atoms with Crippen molar-refractivity contribution in [2.24, 2.45) is 0 Å². The van der Waals surface area contributed by atoms with Gasteiger partial charge in [0.15, 0.2) is 9.84 Å². The van der Waals surface area contributed by atoms with Crippen molar-refractivity contribution in [1.82, 2.24) is 0 Å². The number of sulfone groups is 1. The largest absolute Gasteiger partial charge is 0.272 e. The molecule has 0 amide bonds. The van der Waals surface area contributed by atoms with Crippen LogP contribution >= 0.6 is 0 Å². The van der Waals surface area contributed by atoms with Crippen LogP contribution in [0.25, 0.3) is 0 Å². The molecule has 0 unspecified atom stereocenters. The van der Waals surface area contributed by atoms with E-state index in [9.17, 15) is 8.42 Å². The van der Waals surface area contributed by atoms with Gasteiger partial charge in [0.25, 0.3) is 5.82 Å². The molecule has 1 aromatic heterocycles. The second-order valence-electron chi connectivity index (χ2n) is 3.52. The van der Waals surface area contributed by atoms with Crippen LogP contribution in [0.15, 0.2) is 24.4 Å². The van der Waals surface area contributed by atoms with Crippen molar-refractivity contribution in [3.63, 3.8) is 0 Å². The first-order valence-corrected chi connectivity index (χ1v) is 6.41. The predicted molar refractivity (Wildman–Crippen MR) is 53.7 cm³/mol. The van der Waals surface area contributed by atoms with Crippen molar-refractivity contribution < 1.29 is 13.4 Å². The second-order valence-corrected chi connectivity index (χ2v) is 5.75. The van der Waals surface area contributed by atoms with E-state index >= 15 is 0 Å². The molecular formula is C9H13N2O2S+. The van der Waals surface area contributed by atoms with E-state index in [0.29, 0.717) is 12.2 Å². The predicted octanol–water partition coefficient (Wildman–Crippen LogP) is 0.0997. The molecule has 2 rings (SSSR count). The second kappa shape index (κ2) is 3.57. The van der Waals surface area contributed by atoms with Gasteiger partial charge in [-0.25, -0.2) is 13.4 Å². The van der Waals surface area contributed by atoms with Crippen molar-refractivity contribution in [1.29, 1.82) is 0 Å². The summed E-state index contributed by atoms with van der Waals surface area (Å²) in [4.78, 5) is 3.02. The SMILES string of the molecule is O=S1(=O)CC[C@H](Nc2cccc[nH+]2)C1. The number of aromatic amines is 1. The lowest BCUT2D eigenvalue weighted by molar-refractivity contribution is -0.361. The molecule has 5 heteroatoms.